The maximum Gasteiger partial charge on any atom is 0.260 e. The van der Waals surface area contributed by atoms with Gasteiger partial charge in [0.1, 0.15) is 4.83 Å². The Labute approximate surface area is 139 Å². The van der Waals surface area contributed by atoms with Crippen LogP contribution in [0.3, 0.4) is 0 Å². The van der Waals surface area contributed by atoms with E-state index in [9.17, 15) is 4.79 Å². The normalized spacial score (nSPS) is 14.7. The summed E-state index contributed by atoms with van der Waals surface area (Å²) in [5, 5.41) is 1.62. The predicted octanol–water partition coefficient (Wildman–Crippen LogP) is 3.30. The first-order valence-electron chi connectivity index (χ1n) is 8.12. The zero-order chi connectivity index (χ0) is 15.5. The molecule has 0 amide bonds. The summed E-state index contributed by atoms with van der Waals surface area (Å²) < 4.78 is 0. The van der Waals surface area contributed by atoms with E-state index >= 15 is 0 Å². The van der Waals surface area contributed by atoms with Crippen LogP contribution in [0.2, 0.25) is 0 Å². The van der Waals surface area contributed by atoms with E-state index in [0.29, 0.717) is 0 Å². The highest BCUT2D eigenvalue weighted by atomic mass is 32.2. The molecule has 1 aliphatic rings. The smallest absolute Gasteiger partial charge is 0.260 e. The number of rotatable bonds is 6. The van der Waals surface area contributed by atoms with Gasteiger partial charge in [-0.2, -0.15) is 0 Å². The number of nitrogens with one attached hydrogen (secondary N) is 1. The van der Waals surface area contributed by atoms with Gasteiger partial charge in [0.15, 0.2) is 5.16 Å². The SMILES string of the molecule is CCN(CC)CCSc1nc2sc3c(c2c(=O)[nH]1)CCCC3. The summed E-state index contributed by atoms with van der Waals surface area (Å²) in [6, 6.07) is 0. The van der Waals surface area contributed by atoms with Crippen molar-refractivity contribution < 1.29 is 0 Å². The summed E-state index contributed by atoms with van der Waals surface area (Å²) in [6.07, 6.45) is 4.58. The molecular formula is C16H23N3OS2. The van der Waals surface area contributed by atoms with Crippen LogP contribution in [0.25, 0.3) is 10.2 Å². The average molecular weight is 338 g/mol. The molecule has 0 fully saturated rings. The largest absolute Gasteiger partial charge is 0.303 e. The van der Waals surface area contributed by atoms with Gasteiger partial charge in [0.05, 0.1) is 5.39 Å². The number of aryl methyl sites for hydroxylation is 2. The number of fused-ring (bicyclic) bond motifs is 3. The van der Waals surface area contributed by atoms with Crippen molar-refractivity contribution in [2.24, 2.45) is 0 Å². The molecule has 22 heavy (non-hydrogen) atoms. The molecule has 2 aromatic heterocycles. The van der Waals surface area contributed by atoms with Crippen LogP contribution in [0.15, 0.2) is 9.95 Å². The summed E-state index contributed by atoms with van der Waals surface area (Å²) in [4.78, 5) is 24.8. The van der Waals surface area contributed by atoms with E-state index in [1.54, 1.807) is 23.1 Å². The lowest BCUT2D eigenvalue weighted by Crippen LogP contribution is -2.25. The molecule has 1 aliphatic carbocycles. The van der Waals surface area contributed by atoms with Crippen molar-refractivity contribution in [2.75, 3.05) is 25.4 Å². The fourth-order valence-corrected chi connectivity index (χ4v) is 5.21. The molecule has 1 N–H and O–H groups in total. The van der Waals surface area contributed by atoms with E-state index in [-0.39, 0.29) is 5.56 Å². The van der Waals surface area contributed by atoms with E-state index in [1.807, 2.05) is 0 Å². The Balaban J connectivity index is 1.79. The monoisotopic (exact) mass is 337 g/mol. The van der Waals surface area contributed by atoms with E-state index in [4.69, 9.17) is 4.98 Å². The summed E-state index contributed by atoms with van der Waals surface area (Å²) in [7, 11) is 0. The standard InChI is InChI=1S/C16H23N3OS2/c1-3-19(4-2)9-10-21-16-17-14(20)13-11-7-5-6-8-12(11)22-15(13)18-16/h3-10H2,1-2H3,(H,17,18,20). The van der Waals surface area contributed by atoms with E-state index in [1.165, 1.54) is 23.3 Å². The number of aromatic nitrogens is 2. The van der Waals surface area contributed by atoms with Crippen molar-refractivity contribution in [3.05, 3.63) is 20.8 Å². The molecule has 0 unspecified atom stereocenters. The number of thioether (sulfide) groups is 1. The molecule has 0 aliphatic heterocycles. The molecule has 0 atom stereocenters. The minimum Gasteiger partial charge on any atom is -0.303 e. The van der Waals surface area contributed by atoms with E-state index in [0.717, 1.165) is 53.6 Å². The Morgan fingerprint density at radius 3 is 2.82 bits per heavy atom. The Hall–Kier alpha value is -0.850. The second-order valence-corrected chi connectivity index (χ2v) is 7.80. The zero-order valence-electron chi connectivity index (χ0n) is 13.3. The number of hydrogen-bond acceptors (Lipinski definition) is 5. The van der Waals surface area contributed by atoms with Gasteiger partial charge in [-0.1, -0.05) is 25.6 Å². The Bertz CT molecular complexity index is 703. The van der Waals surface area contributed by atoms with Crippen molar-refractivity contribution >= 4 is 33.3 Å². The van der Waals surface area contributed by atoms with Gasteiger partial charge in [-0.3, -0.25) is 4.79 Å². The first-order valence-corrected chi connectivity index (χ1v) is 9.92. The number of nitrogens with zero attached hydrogens (tertiary/aromatic N) is 2. The first-order chi connectivity index (χ1) is 10.7. The lowest BCUT2D eigenvalue weighted by molar-refractivity contribution is 0.324. The molecular weight excluding hydrogens is 314 g/mol. The van der Waals surface area contributed by atoms with Crippen molar-refractivity contribution in [3.63, 3.8) is 0 Å². The van der Waals surface area contributed by atoms with Crippen LogP contribution < -0.4 is 5.56 Å². The lowest BCUT2D eigenvalue weighted by atomic mass is 9.97. The van der Waals surface area contributed by atoms with Gasteiger partial charge in [-0.15, -0.1) is 11.3 Å². The highest BCUT2D eigenvalue weighted by Crippen LogP contribution is 2.34. The Morgan fingerprint density at radius 2 is 2.05 bits per heavy atom. The van der Waals surface area contributed by atoms with Crippen LogP contribution in [-0.4, -0.2) is 40.3 Å². The van der Waals surface area contributed by atoms with Crippen LogP contribution in [0.1, 0.15) is 37.1 Å². The van der Waals surface area contributed by atoms with Crippen molar-refractivity contribution in [3.8, 4) is 0 Å². The quantitative estimate of drug-likeness (QED) is 0.649. The van der Waals surface area contributed by atoms with Gasteiger partial charge in [-0.05, 0) is 44.3 Å². The topological polar surface area (TPSA) is 49.0 Å². The molecule has 0 saturated heterocycles. The second kappa shape index (κ2) is 7.15. The molecule has 0 aromatic carbocycles. The number of aromatic amines is 1. The lowest BCUT2D eigenvalue weighted by Gasteiger charge is -2.16. The van der Waals surface area contributed by atoms with Crippen LogP contribution in [0.4, 0.5) is 0 Å². The van der Waals surface area contributed by atoms with Gasteiger partial charge >= 0.3 is 0 Å². The highest BCUT2D eigenvalue weighted by molar-refractivity contribution is 7.99. The van der Waals surface area contributed by atoms with E-state index < -0.39 is 0 Å². The Morgan fingerprint density at radius 1 is 1.27 bits per heavy atom. The van der Waals surface area contributed by atoms with Crippen LogP contribution in [0, 0.1) is 0 Å². The summed E-state index contributed by atoms with van der Waals surface area (Å²) in [5.41, 5.74) is 1.31. The van der Waals surface area contributed by atoms with Gasteiger partial charge in [0.2, 0.25) is 0 Å². The van der Waals surface area contributed by atoms with Crippen LogP contribution >= 0.6 is 23.1 Å². The van der Waals surface area contributed by atoms with Gasteiger partial charge < -0.3 is 9.88 Å². The average Bonchev–Trinajstić information content (AvgIpc) is 2.90. The third-order valence-electron chi connectivity index (χ3n) is 4.34. The summed E-state index contributed by atoms with van der Waals surface area (Å²) in [6.45, 7) is 7.52. The molecule has 2 heterocycles. The van der Waals surface area contributed by atoms with Crippen molar-refractivity contribution in [2.45, 2.75) is 44.7 Å². The molecule has 0 radical (unpaired) electrons. The van der Waals surface area contributed by atoms with Gasteiger partial charge in [0, 0.05) is 17.2 Å². The molecule has 4 nitrogen and oxygen atoms in total. The van der Waals surface area contributed by atoms with Crippen molar-refractivity contribution in [1.82, 2.24) is 14.9 Å². The minimum absolute atomic E-state index is 0.0507. The minimum atomic E-state index is 0.0507. The first kappa shape index (κ1) is 16.0. The fourth-order valence-electron chi connectivity index (χ4n) is 3.02. The molecule has 0 spiro atoms. The molecule has 0 saturated carbocycles. The van der Waals surface area contributed by atoms with Crippen molar-refractivity contribution in [1.29, 1.82) is 0 Å². The summed E-state index contributed by atoms with van der Waals surface area (Å²) >= 11 is 3.37. The van der Waals surface area contributed by atoms with Crippen LogP contribution in [0.5, 0.6) is 0 Å². The molecule has 2 aromatic rings. The van der Waals surface area contributed by atoms with Crippen LogP contribution in [-0.2, 0) is 12.8 Å². The van der Waals surface area contributed by atoms with E-state index in [2.05, 4.69) is 23.7 Å². The number of thiophene rings is 1. The van der Waals surface area contributed by atoms with Gasteiger partial charge in [0.25, 0.3) is 5.56 Å². The number of H-pyrrole nitrogens is 1. The predicted molar refractivity (Wildman–Crippen MR) is 95.4 cm³/mol. The third-order valence-corrected chi connectivity index (χ3v) is 6.38. The molecule has 3 rings (SSSR count). The maximum atomic E-state index is 12.4. The third kappa shape index (κ3) is 3.24. The second-order valence-electron chi connectivity index (χ2n) is 5.64. The van der Waals surface area contributed by atoms with Gasteiger partial charge in [-0.25, -0.2) is 4.98 Å². The molecule has 0 bridgehead atoms. The highest BCUT2D eigenvalue weighted by Gasteiger charge is 2.19. The number of hydrogen-bond donors (Lipinski definition) is 1. The molecule has 6 heteroatoms. The maximum absolute atomic E-state index is 12.4. The zero-order valence-corrected chi connectivity index (χ0v) is 14.9. The molecule has 120 valence electrons. The summed E-state index contributed by atoms with van der Waals surface area (Å²) in [5.74, 6) is 0.960. The fraction of sp³-hybridized carbons (Fsp3) is 0.625. The Kier molecular flexibility index (Phi) is 5.21.